The molecule has 2 aromatic carbocycles. The molecule has 0 fully saturated rings. The number of benzene rings is 2. The lowest BCUT2D eigenvalue weighted by atomic mass is 10.1. The summed E-state index contributed by atoms with van der Waals surface area (Å²) in [5.41, 5.74) is 7.30. The van der Waals surface area contributed by atoms with E-state index < -0.39 is 5.63 Å². The first kappa shape index (κ1) is 12.7. The van der Waals surface area contributed by atoms with Crippen molar-refractivity contribution in [2.45, 2.75) is 0 Å². The van der Waals surface area contributed by atoms with E-state index in [9.17, 15) is 4.79 Å². The summed E-state index contributed by atoms with van der Waals surface area (Å²) in [6, 6.07) is 14.9. The second kappa shape index (κ2) is 5.02. The zero-order valence-electron chi connectivity index (χ0n) is 10.4. The fourth-order valence-electron chi connectivity index (χ4n) is 1.98. The van der Waals surface area contributed by atoms with Crippen molar-refractivity contribution in [2.75, 3.05) is 11.1 Å². The van der Waals surface area contributed by atoms with Crippen molar-refractivity contribution in [1.82, 2.24) is 0 Å². The predicted octanol–water partition coefficient (Wildman–Crippen LogP) is 3.88. The summed E-state index contributed by atoms with van der Waals surface area (Å²) < 4.78 is 6.14. The fraction of sp³-hybridized carbons (Fsp3) is 0. The molecule has 4 nitrogen and oxygen atoms in total. The molecule has 1 aromatic heterocycles. The Balaban J connectivity index is 2.17. The van der Waals surface area contributed by atoms with Crippen LogP contribution in [0.3, 0.4) is 0 Å². The van der Waals surface area contributed by atoms with E-state index in [-0.39, 0.29) is 5.69 Å². The van der Waals surface area contributed by atoms with E-state index in [0.29, 0.717) is 11.3 Å². The van der Waals surface area contributed by atoms with Gasteiger partial charge in [0.15, 0.2) is 0 Å². The number of fused-ring (bicyclic) bond motifs is 1. The molecule has 20 heavy (non-hydrogen) atoms. The molecule has 0 amide bonds. The highest BCUT2D eigenvalue weighted by molar-refractivity contribution is 9.10. The van der Waals surface area contributed by atoms with Gasteiger partial charge in [0.2, 0.25) is 0 Å². The van der Waals surface area contributed by atoms with Crippen molar-refractivity contribution >= 4 is 44.0 Å². The van der Waals surface area contributed by atoms with Gasteiger partial charge in [0.05, 0.1) is 5.69 Å². The number of nitrogen functional groups attached to an aromatic ring is 1. The van der Waals surface area contributed by atoms with E-state index in [1.54, 1.807) is 6.07 Å². The van der Waals surface area contributed by atoms with Crippen LogP contribution < -0.4 is 16.7 Å². The number of rotatable bonds is 2. The van der Waals surface area contributed by atoms with Crippen LogP contribution in [0.15, 0.2) is 62.2 Å². The molecule has 0 saturated heterocycles. The van der Waals surface area contributed by atoms with Crippen LogP contribution in [0.2, 0.25) is 0 Å². The predicted molar refractivity (Wildman–Crippen MR) is 84.3 cm³/mol. The van der Waals surface area contributed by atoms with Crippen molar-refractivity contribution in [1.29, 1.82) is 0 Å². The van der Waals surface area contributed by atoms with Gasteiger partial charge in [-0.3, -0.25) is 0 Å². The first-order valence-corrected chi connectivity index (χ1v) is 6.78. The molecule has 0 aliphatic heterocycles. The second-order valence-electron chi connectivity index (χ2n) is 4.31. The van der Waals surface area contributed by atoms with Gasteiger partial charge in [-0.1, -0.05) is 28.1 Å². The Morgan fingerprint density at radius 1 is 1.05 bits per heavy atom. The Hall–Kier alpha value is -2.27. The summed E-state index contributed by atoms with van der Waals surface area (Å²) in [6.45, 7) is 0. The van der Waals surface area contributed by atoms with Crippen LogP contribution in [-0.4, -0.2) is 0 Å². The summed E-state index contributed by atoms with van der Waals surface area (Å²) in [4.78, 5) is 11.8. The van der Waals surface area contributed by atoms with Crippen molar-refractivity contribution < 1.29 is 4.42 Å². The number of nitrogens with two attached hydrogens (primary N) is 1. The molecule has 100 valence electrons. The molecule has 0 aliphatic rings. The van der Waals surface area contributed by atoms with Gasteiger partial charge in [-0.25, -0.2) is 4.79 Å². The lowest BCUT2D eigenvalue weighted by Gasteiger charge is -2.11. The number of halogens is 1. The summed E-state index contributed by atoms with van der Waals surface area (Å²) in [7, 11) is 0. The first-order chi connectivity index (χ1) is 9.65. The molecular weight excluding hydrogens is 320 g/mol. The zero-order valence-corrected chi connectivity index (χ0v) is 12.0. The van der Waals surface area contributed by atoms with Crippen molar-refractivity contribution in [3.63, 3.8) is 0 Å². The average molecular weight is 331 g/mol. The molecule has 0 atom stereocenters. The number of nitrogens with one attached hydrogen (secondary N) is 1. The van der Waals surface area contributed by atoms with Gasteiger partial charge in [0, 0.05) is 15.5 Å². The van der Waals surface area contributed by atoms with Crippen LogP contribution in [0, 0.1) is 0 Å². The standard InChI is InChI=1S/C15H11BrN2O2/c16-9-5-7-10(8-6-9)18-14-11-3-1-2-4-12(11)20-15(19)13(14)17/h1-8,18H,17H2. The molecule has 1 heterocycles. The molecule has 0 spiro atoms. The normalized spacial score (nSPS) is 10.7. The number of para-hydroxylation sites is 1. The lowest BCUT2D eigenvalue weighted by molar-refractivity contribution is 0.565. The average Bonchev–Trinajstić information content (AvgIpc) is 2.46. The van der Waals surface area contributed by atoms with Crippen LogP contribution in [0.25, 0.3) is 11.0 Å². The third-order valence-corrected chi connectivity index (χ3v) is 3.49. The highest BCUT2D eigenvalue weighted by Crippen LogP contribution is 2.29. The van der Waals surface area contributed by atoms with Crippen LogP contribution in [-0.2, 0) is 0 Å². The molecule has 0 aliphatic carbocycles. The number of hydrogen-bond donors (Lipinski definition) is 2. The maximum Gasteiger partial charge on any atom is 0.361 e. The van der Waals surface area contributed by atoms with Gasteiger partial charge < -0.3 is 15.5 Å². The molecule has 3 rings (SSSR count). The van der Waals surface area contributed by atoms with Crippen molar-refractivity contribution in [3.05, 3.63) is 63.4 Å². The highest BCUT2D eigenvalue weighted by atomic mass is 79.9. The second-order valence-corrected chi connectivity index (χ2v) is 5.22. The molecule has 0 saturated carbocycles. The van der Waals surface area contributed by atoms with E-state index in [2.05, 4.69) is 21.2 Å². The van der Waals surface area contributed by atoms with Crippen molar-refractivity contribution in [2.24, 2.45) is 0 Å². The summed E-state index contributed by atoms with van der Waals surface area (Å²) in [5, 5.41) is 3.95. The van der Waals surface area contributed by atoms with Gasteiger partial charge >= 0.3 is 5.63 Å². The Kier molecular flexibility index (Phi) is 3.20. The molecule has 3 N–H and O–H groups in total. The Bertz CT molecular complexity index is 825. The fourth-order valence-corrected chi connectivity index (χ4v) is 2.24. The molecule has 0 bridgehead atoms. The van der Waals surface area contributed by atoms with E-state index in [4.69, 9.17) is 10.2 Å². The SMILES string of the molecule is Nc1c(Nc2ccc(Br)cc2)c2ccccc2oc1=O. The van der Waals surface area contributed by atoms with Gasteiger partial charge in [-0.15, -0.1) is 0 Å². The Morgan fingerprint density at radius 3 is 2.50 bits per heavy atom. The quantitative estimate of drug-likeness (QED) is 0.699. The molecular formula is C15H11BrN2O2. The highest BCUT2D eigenvalue weighted by Gasteiger charge is 2.11. The smallest absolute Gasteiger partial charge is 0.361 e. The Labute approximate surface area is 123 Å². The molecule has 0 unspecified atom stereocenters. The number of anilines is 3. The van der Waals surface area contributed by atoms with Crippen LogP contribution in [0.5, 0.6) is 0 Å². The molecule has 5 heteroatoms. The van der Waals surface area contributed by atoms with Gasteiger partial charge in [0.1, 0.15) is 11.3 Å². The summed E-state index contributed by atoms with van der Waals surface area (Å²) in [6.07, 6.45) is 0. The molecule has 0 radical (unpaired) electrons. The minimum Gasteiger partial charge on any atom is -0.421 e. The third kappa shape index (κ3) is 2.28. The third-order valence-electron chi connectivity index (χ3n) is 2.96. The minimum absolute atomic E-state index is 0.0756. The monoisotopic (exact) mass is 330 g/mol. The van der Waals surface area contributed by atoms with Gasteiger partial charge in [0.25, 0.3) is 0 Å². The maximum absolute atomic E-state index is 11.8. The minimum atomic E-state index is -0.539. The summed E-state index contributed by atoms with van der Waals surface area (Å²) in [5.74, 6) is 0. The van der Waals surface area contributed by atoms with Gasteiger partial charge in [-0.2, -0.15) is 0 Å². The Morgan fingerprint density at radius 2 is 1.75 bits per heavy atom. The van der Waals surface area contributed by atoms with E-state index >= 15 is 0 Å². The van der Waals surface area contributed by atoms with E-state index in [0.717, 1.165) is 15.5 Å². The molecule has 3 aromatic rings. The van der Waals surface area contributed by atoms with Crippen LogP contribution >= 0.6 is 15.9 Å². The van der Waals surface area contributed by atoms with E-state index in [1.165, 1.54) is 0 Å². The first-order valence-electron chi connectivity index (χ1n) is 5.99. The lowest BCUT2D eigenvalue weighted by Crippen LogP contribution is -2.10. The number of hydrogen-bond acceptors (Lipinski definition) is 4. The topological polar surface area (TPSA) is 68.3 Å². The largest absolute Gasteiger partial charge is 0.421 e. The van der Waals surface area contributed by atoms with Crippen molar-refractivity contribution in [3.8, 4) is 0 Å². The summed E-state index contributed by atoms with van der Waals surface area (Å²) >= 11 is 3.38. The maximum atomic E-state index is 11.8. The van der Waals surface area contributed by atoms with Crippen LogP contribution in [0.4, 0.5) is 17.1 Å². The van der Waals surface area contributed by atoms with E-state index in [1.807, 2.05) is 42.5 Å². The van der Waals surface area contributed by atoms with Crippen LogP contribution in [0.1, 0.15) is 0 Å². The van der Waals surface area contributed by atoms with Gasteiger partial charge in [-0.05, 0) is 36.4 Å². The zero-order chi connectivity index (χ0) is 14.1.